The van der Waals surface area contributed by atoms with Crippen LogP contribution in [-0.2, 0) is 10.9 Å². The Balaban J connectivity index is 1.18. The molecule has 0 aromatic carbocycles. The molecule has 172 valence electrons. The largest absolute Gasteiger partial charge is 0.417 e. The van der Waals surface area contributed by atoms with Gasteiger partial charge in [0, 0.05) is 64.7 Å². The summed E-state index contributed by atoms with van der Waals surface area (Å²) in [4.78, 5) is 22.8. The highest BCUT2D eigenvalue weighted by Crippen LogP contribution is 2.29. The number of urea groups is 1. The van der Waals surface area contributed by atoms with Crippen molar-refractivity contribution < 1.29 is 22.7 Å². The highest BCUT2D eigenvalue weighted by atomic mass is 19.4. The molecule has 0 bridgehead atoms. The van der Waals surface area contributed by atoms with Crippen molar-refractivity contribution in [1.82, 2.24) is 20.1 Å². The SMILES string of the molecule is O=C(NC1CCN(c2ccc(C(F)(F)F)cn2)CC1)N1CCN(CC2CCCO2)CC1. The highest BCUT2D eigenvalue weighted by Gasteiger charge is 2.31. The summed E-state index contributed by atoms with van der Waals surface area (Å²) < 4.78 is 43.8. The van der Waals surface area contributed by atoms with Crippen LogP contribution < -0.4 is 10.2 Å². The lowest BCUT2D eigenvalue weighted by atomic mass is 10.1. The highest BCUT2D eigenvalue weighted by molar-refractivity contribution is 5.74. The number of carbonyl (C=O) groups is 1. The fourth-order valence-corrected chi connectivity index (χ4v) is 4.47. The van der Waals surface area contributed by atoms with Crippen molar-refractivity contribution in [3.8, 4) is 0 Å². The van der Waals surface area contributed by atoms with Crippen LogP contribution in [0.2, 0.25) is 0 Å². The van der Waals surface area contributed by atoms with Gasteiger partial charge in [0.1, 0.15) is 5.82 Å². The standard InChI is InChI=1S/C21H30F3N5O2/c22-21(23,24)16-3-4-19(25-14-16)28-7-5-17(6-8-28)26-20(30)29-11-9-27(10-12-29)15-18-2-1-13-31-18/h3-4,14,17-18H,1-2,5-13,15H2,(H,26,30). The van der Waals surface area contributed by atoms with Gasteiger partial charge >= 0.3 is 12.2 Å². The topological polar surface area (TPSA) is 60.9 Å². The normalized spacial score (nSPS) is 23.9. The number of hydrogen-bond donors (Lipinski definition) is 1. The quantitative estimate of drug-likeness (QED) is 0.778. The Hall–Kier alpha value is -2.07. The first-order valence-corrected chi connectivity index (χ1v) is 11.1. The third kappa shape index (κ3) is 5.79. The van der Waals surface area contributed by atoms with Crippen molar-refractivity contribution in [2.45, 2.75) is 44.0 Å². The van der Waals surface area contributed by atoms with Crippen LogP contribution in [0.4, 0.5) is 23.8 Å². The predicted molar refractivity (Wildman–Crippen MR) is 110 cm³/mol. The number of pyridine rings is 1. The van der Waals surface area contributed by atoms with Crippen LogP contribution in [0.15, 0.2) is 18.3 Å². The minimum Gasteiger partial charge on any atom is -0.377 e. The lowest BCUT2D eigenvalue weighted by Gasteiger charge is -2.38. The molecule has 7 nitrogen and oxygen atoms in total. The number of nitrogens with zero attached hydrogens (tertiary/aromatic N) is 4. The Kier molecular flexibility index (Phi) is 6.86. The van der Waals surface area contributed by atoms with E-state index in [1.54, 1.807) is 0 Å². The van der Waals surface area contributed by atoms with Crippen molar-refractivity contribution in [3.63, 3.8) is 0 Å². The van der Waals surface area contributed by atoms with E-state index < -0.39 is 11.7 Å². The van der Waals surface area contributed by atoms with Gasteiger partial charge in [0.15, 0.2) is 0 Å². The maximum atomic E-state index is 12.7. The van der Waals surface area contributed by atoms with Gasteiger partial charge < -0.3 is 19.9 Å². The Morgan fingerprint density at radius 2 is 1.84 bits per heavy atom. The second-order valence-electron chi connectivity index (χ2n) is 8.54. The maximum Gasteiger partial charge on any atom is 0.417 e. The molecule has 31 heavy (non-hydrogen) atoms. The van der Waals surface area contributed by atoms with Crippen LogP contribution in [0.3, 0.4) is 0 Å². The number of aromatic nitrogens is 1. The lowest BCUT2D eigenvalue weighted by Crippen LogP contribution is -2.55. The van der Waals surface area contributed by atoms with E-state index in [1.165, 1.54) is 6.07 Å². The third-order valence-corrected chi connectivity index (χ3v) is 6.37. The van der Waals surface area contributed by atoms with E-state index in [1.807, 2.05) is 9.80 Å². The molecule has 0 aliphatic carbocycles. The van der Waals surface area contributed by atoms with Gasteiger partial charge in [0.2, 0.25) is 0 Å². The molecule has 3 aliphatic heterocycles. The first kappa shape index (κ1) is 22.1. The number of halogens is 3. The summed E-state index contributed by atoms with van der Waals surface area (Å²) in [7, 11) is 0. The fourth-order valence-electron chi connectivity index (χ4n) is 4.47. The molecular weight excluding hydrogens is 411 g/mol. The molecule has 0 spiro atoms. The number of nitrogens with one attached hydrogen (secondary N) is 1. The lowest BCUT2D eigenvalue weighted by molar-refractivity contribution is -0.137. The second-order valence-corrected chi connectivity index (χ2v) is 8.54. The summed E-state index contributed by atoms with van der Waals surface area (Å²) in [6.45, 7) is 6.28. The van der Waals surface area contributed by atoms with Crippen LogP contribution in [0.1, 0.15) is 31.2 Å². The molecule has 1 N–H and O–H groups in total. The Morgan fingerprint density at radius 1 is 1.10 bits per heavy atom. The van der Waals surface area contributed by atoms with Gasteiger partial charge in [-0.2, -0.15) is 13.2 Å². The van der Waals surface area contributed by atoms with Gasteiger partial charge in [-0.25, -0.2) is 9.78 Å². The number of ether oxygens (including phenoxy) is 1. The average Bonchev–Trinajstić information content (AvgIpc) is 3.27. The summed E-state index contributed by atoms with van der Waals surface area (Å²) in [5.74, 6) is 0.542. The van der Waals surface area contributed by atoms with Crippen molar-refractivity contribution in [2.75, 3.05) is 57.3 Å². The van der Waals surface area contributed by atoms with Gasteiger partial charge in [-0.15, -0.1) is 0 Å². The smallest absolute Gasteiger partial charge is 0.377 e. The number of anilines is 1. The minimum absolute atomic E-state index is 0.0251. The second kappa shape index (κ2) is 9.60. The molecule has 1 aromatic rings. The summed E-state index contributed by atoms with van der Waals surface area (Å²) in [5, 5.41) is 3.13. The van der Waals surface area contributed by atoms with E-state index in [0.717, 1.165) is 64.2 Å². The molecule has 1 unspecified atom stereocenters. The van der Waals surface area contributed by atoms with Crippen LogP contribution in [0.25, 0.3) is 0 Å². The Bertz CT molecular complexity index is 724. The van der Waals surface area contributed by atoms with E-state index >= 15 is 0 Å². The molecule has 1 aromatic heterocycles. The molecule has 2 amide bonds. The van der Waals surface area contributed by atoms with Gasteiger partial charge in [-0.3, -0.25) is 4.90 Å². The van der Waals surface area contributed by atoms with Crippen LogP contribution in [0.5, 0.6) is 0 Å². The van der Waals surface area contributed by atoms with E-state index in [2.05, 4.69) is 15.2 Å². The molecule has 10 heteroatoms. The third-order valence-electron chi connectivity index (χ3n) is 6.37. The van der Waals surface area contributed by atoms with Crippen LogP contribution >= 0.6 is 0 Å². The monoisotopic (exact) mass is 441 g/mol. The maximum absolute atomic E-state index is 12.7. The Morgan fingerprint density at radius 3 is 2.42 bits per heavy atom. The molecule has 1 atom stereocenters. The Labute approximate surface area is 180 Å². The van der Waals surface area contributed by atoms with E-state index in [4.69, 9.17) is 4.74 Å². The summed E-state index contributed by atoms with van der Waals surface area (Å²) in [5.41, 5.74) is -0.741. The molecule has 3 saturated heterocycles. The van der Waals surface area contributed by atoms with Crippen molar-refractivity contribution in [3.05, 3.63) is 23.9 Å². The van der Waals surface area contributed by atoms with E-state index in [9.17, 15) is 18.0 Å². The molecule has 3 fully saturated rings. The number of carbonyl (C=O) groups excluding carboxylic acids is 1. The molecule has 0 saturated carbocycles. The van der Waals surface area contributed by atoms with Crippen molar-refractivity contribution >= 4 is 11.8 Å². The van der Waals surface area contributed by atoms with Crippen molar-refractivity contribution in [2.24, 2.45) is 0 Å². The minimum atomic E-state index is -4.38. The number of piperazine rings is 1. The first-order chi connectivity index (χ1) is 14.9. The zero-order valence-electron chi connectivity index (χ0n) is 17.6. The van der Waals surface area contributed by atoms with Gasteiger partial charge in [0.05, 0.1) is 11.7 Å². The average molecular weight is 441 g/mol. The number of alkyl halides is 3. The molecular formula is C21H30F3N5O2. The zero-order valence-corrected chi connectivity index (χ0v) is 17.6. The number of hydrogen-bond acceptors (Lipinski definition) is 5. The molecule has 4 heterocycles. The van der Waals surface area contributed by atoms with Crippen LogP contribution in [0, 0.1) is 0 Å². The van der Waals surface area contributed by atoms with E-state index in [-0.39, 0.29) is 12.1 Å². The number of amides is 2. The first-order valence-electron chi connectivity index (χ1n) is 11.1. The molecule has 3 aliphatic rings. The molecule has 4 rings (SSSR count). The predicted octanol–water partition coefficient (Wildman–Crippen LogP) is 2.58. The van der Waals surface area contributed by atoms with Gasteiger partial charge in [0.25, 0.3) is 0 Å². The van der Waals surface area contributed by atoms with Crippen LogP contribution in [-0.4, -0.2) is 85.4 Å². The fraction of sp³-hybridized carbons (Fsp3) is 0.714. The summed E-state index contributed by atoms with van der Waals surface area (Å²) in [6, 6.07) is 2.53. The molecule has 0 radical (unpaired) electrons. The van der Waals surface area contributed by atoms with Gasteiger partial charge in [-0.1, -0.05) is 0 Å². The summed E-state index contributed by atoms with van der Waals surface area (Å²) >= 11 is 0. The van der Waals surface area contributed by atoms with Gasteiger partial charge in [-0.05, 0) is 37.8 Å². The number of rotatable bonds is 4. The summed E-state index contributed by atoms with van der Waals surface area (Å²) in [6.07, 6.45) is 0.591. The van der Waals surface area contributed by atoms with Crippen molar-refractivity contribution in [1.29, 1.82) is 0 Å². The number of piperidine rings is 1. The zero-order chi connectivity index (χ0) is 21.8. The van der Waals surface area contributed by atoms with E-state index in [0.29, 0.717) is 38.1 Å².